The summed E-state index contributed by atoms with van der Waals surface area (Å²) in [7, 11) is 0. The van der Waals surface area contributed by atoms with Crippen molar-refractivity contribution in [2.24, 2.45) is 0 Å². The lowest BCUT2D eigenvalue weighted by atomic mass is 10.1. The van der Waals surface area contributed by atoms with Crippen molar-refractivity contribution in [1.29, 1.82) is 0 Å². The molecule has 2 unspecified atom stereocenters. The van der Waals surface area contributed by atoms with Crippen molar-refractivity contribution >= 4 is 5.97 Å². The molecule has 0 bridgehead atoms. The summed E-state index contributed by atoms with van der Waals surface area (Å²) in [6, 6.07) is 10.9. The van der Waals surface area contributed by atoms with E-state index >= 15 is 0 Å². The van der Waals surface area contributed by atoms with Gasteiger partial charge in [-0.3, -0.25) is 0 Å². The van der Waals surface area contributed by atoms with E-state index in [2.05, 4.69) is 29.6 Å². The summed E-state index contributed by atoms with van der Waals surface area (Å²) in [5, 5.41) is 12.0. The van der Waals surface area contributed by atoms with Crippen LogP contribution >= 0.6 is 0 Å². The summed E-state index contributed by atoms with van der Waals surface area (Å²) in [5.41, 5.74) is 1.76. The molecule has 1 aromatic carbocycles. The molecule has 0 aromatic heterocycles. The number of carboxylic acids is 1. The van der Waals surface area contributed by atoms with E-state index in [1.54, 1.807) is 13.0 Å². The molecule has 3 nitrogen and oxygen atoms in total. The predicted octanol–water partition coefficient (Wildman–Crippen LogP) is 2.16. The lowest BCUT2D eigenvalue weighted by Gasteiger charge is -2.01. The lowest BCUT2D eigenvalue weighted by molar-refractivity contribution is -0.132. The maximum atomic E-state index is 10.6. The zero-order valence-electron chi connectivity index (χ0n) is 9.89. The van der Waals surface area contributed by atoms with Crippen molar-refractivity contribution in [3.05, 3.63) is 47.5 Å². The molecule has 17 heavy (non-hydrogen) atoms. The maximum Gasteiger partial charge on any atom is 0.330 e. The Bertz CT molecular complexity index is 425. The summed E-state index contributed by atoms with van der Waals surface area (Å²) in [4.78, 5) is 10.6. The van der Waals surface area contributed by atoms with Crippen LogP contribution in [0.4, 0.5) is 0 Å². The zero-order chi connectivity index (χ0) is 12.3. The third-order valence-electron chi connectivity index (χ3n) is 3.14. The molecule has 3 heteroatoms. The Hall–Kier alpha value is -1.61. The van der Waals surface area contributed by atoms with Gasteiger partial charge in [-0.1, -0.05) is 36.4 Å². The van der Waals surface area contributed by atoms with E-state index in [0.717, 1.165) is 6.42 Å². The van der Waals surface area contributed by atoms with Crippen molar-refractivity contribution < 1.29 is 9.90 Å². The van der Waals surface area contributed by atoms with Gasteiger partial charge in [-0.2, -0.15) is 0 Å². The second-order valence-corrected chi connectivity index (χ2v) is 4.46. The summed E-state index contributed by atoms with van der Waals surface area (Å²) >= 11 is 0. The molecule has 1 saturated carbocycles. The van der Waals surface area contributed by atoms with Gasteiger partial charge in [0.1, 0.15) is 0 Å². The Labute approximate surface area is 101 Å². The minimum Gasteiger partial charge on any atom is -0.478 e. The SMILES string of the molecule is C/C(=C/CNC1CC1c1ccccc1)C(=O)O. The highest BCUT2D eigenvalue weighted by molar-refractivity contribution is 5.85. The number of benzene rings is 1. The molecule has 2 N–H and O–H groups in total. The van der Waals surface area contributed by atoms with E-state index in [0.29, 0.717) is 24.1 Å². The number of nitrogens with one attached hydrogen (secondary N) is 1. The van der Waals surface area contributed by atoms with E-state index in [4.69, 9.17) is 5.11 Å². The number of rotatable bonds is 5. The summed E-state index contributed by atoms with van der Waals surface area (Å²) in [6.45, 7) is 2.25. The highest BCUT2D eigenvalue weighted by atomic mass is 16.4. The molecule has 0 aliphatic heterocycles. The number of carbonyl (C=O) groups is 1. The monoisotopic (exact) mass is 231 g/mol. The summed E-state index contributed by atoms with van der Waals surface area (Å²) in [6.07, 6.45) is 2.87. The number of hydrogen-bond donors (Lipinski definition) is 2. The molecular weight excluding hydrogens is 214 g/mol. The van der Waals surface area contributed by atoms with E-state index in [-0.39, 0.29) is 0 Å². The van der Waals surface area contributed by atoms with Gasteiger partial charge >= 0.3 is 5.97 Å². The fraction of sp³-hybridized carbons (Fsp3) is 0.357. The van der Waals surface area contributed by atoms with Crippen LogP contribution in [0, 0.1) is 0 Å². The Morgan fingerprint density at radius 1 is 1.47 bits per heavy atom. The van der Waals surface area contributed by atoms with Gasteiger partial charge in [0.2, 0.25) is 0 Å². The topological polar surface area (TPSA) is 49.3 Å². The molecule has 0 saturated heterocycles. The van der Waals surface area contributed by atoms with Crippen molar-refractivity contribution in [3.8, 4) is 0 Å². The van der Waals surface area contributed by atoms with E-state index < -0.39 is 5.97 Å². The molecule has 0 spiro atoms. The molecule has 0 radical (unpaired) electrons. The van der Waals surface area contributed by atoms with Gasteiger partial charge in [0, 0.05) is 24.1 Å². The zero-order valence-corrected chi connectivity index (χ0v) is 9.89. The molecular formula is C14H17NO2. The fourth-order valence-electron chi connectivity index (χ4n) is 1.94. The molecule has 1 fully saturated rings. The highest BCUT2D eigenvalue weighted by Gasteiger charge is 2.37. The quantitative estimate of drug-likeness (QED) is 0.763. The van der Waals surface area contributed by atoms with Crippen LogP contribution < -0.4 is 5.32 Å². The fourth-order valence-corrected chi connectivity index (χ4v) is 1.94. The first kappa shape index (κ1) is 11.9. The first-order chi connectivity index (χ1) is 8.18. The van der Waals surface area contributed by atoms with Crippen LogP contribution in [0.3, 0.4) is 0 Å². The lowest BCUT2D eigenvalue weighted by Crippen LogP contribution is -2.18. The highest BCUT2D eigenvalue weighted by Crippen LogP contribution is 2.40. The van der Waals surface area contributed by atoms with Crippen molar-refractivity contribution in [2.75, 3.05) is 6.54 Å². The van der Waals surface area contributed by atoms with Gasteiger partial charge in [0.25, 0.3) is 0 Å². The van der Waals surface area contributed by atoms with Crippen molar-refractivity contribution in [2.45, 2.75) is 25.3 Å². The first-order valence-corrected chi connectivity index (χ1v) is 5.87. The average Bonchev–Trinajstić information content (AvgIpc) is 3.09. The smallest absolute Gasteiger partial charge is 0.330 e. The van der Waals surface area contributed by atoms with Crippen LogP contribution in [0.1, 0.15) is 24.8 Å². The molecule has 2 atom stereocenters. The molecule has 2 rings (SSSR count). The summed E-state index contributed by atoms with van der Waals surface area (Å²) < 4.78 is 0. The van der Waals surface area contributed by atoms with Gasteiger partial charge in [0.05, 0.1) is 0 Å². The Kier molecular flexibility index (Phi) is 3.59. The average molecular weight is 231 g/mol. The Morgan fingerprint density at radius 2 is 2.18 bits per heavy atom. The normalized spacial score (nSPS) is 23.5. The molecule has 1 aromatic rings. The van der Waals surface area contributed by atoms with Crippen LogP contribution in [0.2, 0.25) is 0 Å². The maximum absolute atomic E-state index is 10.6. The molecule has 0 amide bonds. The van der Waals surface area contributed by atoms with Crippen molar-refractivity contribution in [1.82, 2.24) is 5.32 Å². The van der Waals surface area contributed by atoms with E-state index in [9.17, 15) is 4.79 Å². The number of aliphatic carboxylic acids is 1. The van der Waals surface area contributed by atoms with Crippen LogP contribution in [0.25, 0.3) is 0 Å². The van der Waals surface area contributed by atoms with Gasteiger partial charge in [-0.15, -0.1) is 0 Å². The third kappa shape index (κ3) is 3.17. The third-order valence-corrected chi connectivity index (χ3v) is 3.14. The van der Waals surface area contributed by atoms with Gasteiger partial charge in [-0.25, -0.2) is 4.79 Å². The molecule has 1 aliphatic carbocycles. The molecule has 0 heterocycles. The number of carboxylic acid groups (broad SMARTS) is 1. The standard InChI is InChI=1S/C14H17NO2/c1-10(14(16)17)7-8-15-13-9-12(13)11-5-3-2-4-6-11/h2-7,12-13,15H,8-9H2,1H3,(H,16,17)/b10-7-. The van der Waals surface area contributed by atoms with E-state index in [1.165, 1.54) is 5.56 Å². The van der Waals surface area contributed by atoms with Crippen molar-refractivity contribution in [3.63, 3.8) is 0 Å². The van der Waals surface area contributed by atoms with Gasteiger partial charge in [0.15, 0.2) is 0 Å². The second kappa shape index (κ2) is 5.15. The molecule has 90 valence electrons. The molecule has 1 aliphatic rings. The van der Waals surface area contributed by atoms with Gasteiger partial charge in [-0.05, 0) is 18.9 Å². The largest absolute Gasteiger partial charge is 0.478 e. The minimum absolute atomic E-state index is 0.398. The van der Waals surface area contributed by atoms with Crippen LogP contribution in [-0.4, -0.2) is 23.7 Å². The van der Waals surface area contributed by atoms with Crippen LogP contribution in [-0.2, 0) is 4.79 Å². The van der Waals surface area contributed by atoms with Crippen LogP contribution in [0.15, 0.2) is 42.0 Å². The Morgan fingerprint density at radius 3 is 2.82 bits per heavy atom. The first-order valence-electron chi connectivity index (χ1n) is 5.87. The van der Waals surface area contributed by atoms with Crippen LogP contribution in [0.5, 0.6) is 0 Å². The van der Waals surface area contributed by atoms with E-state index in [1.807, 2.05) is 6.07 Å². The minimum atomic E-state index is -0.845. The summed E-state index contributed by atoms with van der Waals surface area (Å²) in [5.74, 6) is -0.253. The Balaban J connectivity index is 1.78. The van der Waals surface area contributed by atoms with Gasteiger partial charge < -0.3 is 10.4 Å². The predicted molar refractivity (Wildman–Crippen MR) is 67.0 cm³/mol. The number of hydrogen-bond acceptors (Lipinski definition) is 2. The second-order valence-electron chi connectivity index (χ2n) is 4.46.